The number of rotatable bonds is 5. The minimum absolute atomic E-state index is 0.110. The minimum atomic E-state index is -1.21. The summed E-state index contributed by atoms with van der Waals surface area (Å²) in [4.78, 5) is 27.3. The third kappa shape index (κ3) is 2.99. The number of carbonyl (C=O) groups is 1. The van der Waals surface area contributed by atoms with Crippen molar-refractivity contribution in [2.45, 2.75) is 6.54 Å². The Morgan fingerprint density at radius 1 is 1.52 bits per heavy atom. The summed E-state index contributed by atoms with van der Waals surface area (Å²) >= 11 is 0. The first-order valence-corrected chi connectivity index (χ1v) is 6.09. The Morgan fingerprint density at radius 2 is 2.24 bits per heavy atom. The smallest absolute Gasteiger partial charge is 0.338 e. The van der Waals surface area contributed by atoms with Gasteiger partial charge in [0.2, 0.25) is 0 Å². The Labute approximate surface area is 120 Å². The maximum atomic E-state index is 11.3. The van der Waals surface area contributed by atoms with E-state index in [1.54, 1.807) is 24.3 Å². The number of nitrogens with zero attached hydrogens (tertiary/aromatic N) is 4. The summed E-state index contributed by atoms with van der Waals surface area (Å²) in [5.41, 5.74) is 0.0403. The first-order valence-electron chi connectivity index (χ1n) is 6.09. The third-order valence-corrected chi connectivity index (χ3v) is 3.13. The number of carboxylic acid groups (broad SMARTS) is 1. The second-order valence-corrected chi connectivity index (χ2v) is 4.57. The van der Waals surface area contributed by atoms with E-state index in [9.17, 15) is 20.0 Å². The summed E-state index contributed by atoms with van der Waals surface area (Å²) in [7, 11) is 3.55. The Hall–Kier alpha value is -2.90. The van der Waals surface area contributed by atoms with Gasteiger partial charge in [0.15, 0.2) is 0 Å². The zero-order chi connectivity index (χ0) is 15.6. The van der Waals surface area contributed by atoms with E-state index in [1.165, 1.54) is 12.1 Å². The summed E-state index contributed by atoms with van der Waals surface area (Å²) in [6.07, 6.45) is 3.44. The lowest BCUT2D eigenvalue weighted by Crippen LogP contribution is -2.21. The normalized spacial score (nSPS) is 10.4. The van der Waals surface area contributed by atoms with Crippen LogP contribution in [0.4, 0.5) is 11.4 Å². The molecule has 1 aromatic heterocycles. The maximum Gasteiger partial charge on any atom is 0.338 e. The molecule has 0 aliphatic carbocycles. The highest BCUT2D eigenvalue weighted by atomic mass is 16.6. The standard InChI is InChI=1S/C13H14N4O4/c1-15-6-5-14-12(15)8-16(2)11-4-3-9(17(20)21)7-10(11)13(18)19/h3-7H,8H2,1-2H3,(H,18,19). The molecule has 0 aliphatic heterocycles. The number of nitro benzene ring substituents is 1. The fraction of sp³-hybridized carbons (Fsp3) is 0.231. The highest BCUT2D eigenvalue weighted by Crippen LogP contribution is 2.25. The third-order valence-electron chi connectivity index (χ3n) is 3.13. The maximum absolute atomic E-state index is 11.3. The van der Waals surface area contributed by atoms with Gasteiger partial charge in [0.25, 0.3) is 5.69 Å². The molecule has 0 radical (unpaired) electrons. The van der Waals surface area contributed by atoms with Crippen molar-refractivity contribution in [2.24, 2.45) is 7.05 Å². The van der Waals surface area contributed by atoms with Gasteiger partial charge in [0, 0.05) is 38.6 Å². The van der Waals surface area contributed by atoms with E-state index in [1.807, 2.05) is 11.6 Å². The van der Waals surface area contributed by atoms with Crippen LogP contribution >= 0.6 is 0 Å². The predicted octanol–water partition coefficient (Wildman–Crippen LogP) is 1.66. The van der Waals surface area contributed by atoms with Gasteiger partial charge in [-0.25, -0.2) is 9.78 Å². The number of hydrogen-bond donors (Lipinski definition) is 1. The number of carboxylic acids is 1. The number of imidazole rings is 1. The van der Waals surface area contributed by atoms with E-state index < -0.39 is 10.9 Å². The van der Waals surface area contributed by atoms with Crippen molar-refractivity contribution in [2.75, 3.05) is 11.9 Å². The van der Waals surface area contributed by atoms with Crippen LogP contribution in [-0.2, 0) is 13.6 Å². The molecule has 110 valence electrons. The first kappa shape index (κ1) is 14.5. The zero-order valence-electron chi connectivity index (χ0n) is 11.6. The van der Waals surface area contributed by atoms with Crippen molar-refractivity contribution < 1.29 is 14.8 Å². The number of aromatic carboxylic acids is 1. The molecule has 0 unspecified atom stereocenters. The van der Waals surface area contributed by atoms with Gasteiger partial charge in [-0.3, -0.25) is 10.1 Å². The topological polar surface area (TPSA) is 102 Å². The van der Waals surface area contributed by atoms with Crippen LogP contribution in [-0.4, -0.2) is 32.6 Å². The summed E-state index contributed by atoms with van der Waals surface area (Å²) in [5.74, 6) is -0.451. The lowest BCUT2D eigenvalue weighted by atomic mass is 10.1. The molecular weight excluding hydrogens is 276 g/mol. The van der Waals surface area contributed by atoms with Gasteiger partial charge < -0.3 is 14.6 Å². The van der Waals surface area contributed by atoms with Gasteiger partial charge in [0.05, 0.1) is 22.7 Å². The lowest BCUT2D eigenvalue weighted by Gasteiger charge is -2.20. The lowest BCUT2D eigenvalue weighted by molar-refractivity contribution is -0.384. The Balaban J connectivity index is 2.36. The summed E-state index contributed by atoms with van der Waals surface area (Å²) < 4.78 is 1.82. The molecular formula is C13H14N4O4. The average Bonchev–Trinajstić information content (AvgIpc) is 2.83. The van der Waals surface area contributed by atoms with Gasteiger partial charge in [-0.1, -0.05) is 0 Å². The minimum Gasteiger partial charge on any atom is -0.478 e. The van der Waals surface area contributed by atoms with Crippen LogP contribution in [0, 0.1) is 10.1 Å². The molecule has 0 aliphatic rings. The molecule has 1 heterocycles. The zero-order valence-corrected chi connectivity index (χ0v) is 11.6. The van der Waals surface area contributed by atoms with E-state index in [0.717, 1.165) is 11.9 Å². The fourth-order valence-corrected chi connectivity index (χ4v) is 1.99. The summed E-state index contributed by atoms with van der Waals surface area (Å²) in [6, 6.07) is 3.79. The molecule has 0 amide bonds. The molecule has 0 spiro atoms. The molecule has 8 heteroatoms. The molecule has 1 aromatic carbocycles. The quantitative estimate of drug-likeness (QED) is 0.663. The van der Waals surface area contributed by atoms with Crippen LogP contribution in [0.3, 0.4) is 0 Å². The predicted molar refractivity (Wildman–Crippen MR) is 75.4 cm³/mol. The second kappa shape index (κ2) is 5.61. The molecule has 0 atom stereocenters. The van der Waals surface area contributed by atoms with Crippen LogP contribution in [0.1, 0.15) is 16.2 Å². The number of non-ortho nitro benzene ring substituents is 1. The summed E-state index contributed by atoms with van der Waals surface area (Å²) in [5, 5.41) is 20.0. The molecule has 0 saturated carbocycles. The second-order valence-electron chi connectivity index (χ2n) is 4.57. The number of anilines is 1. The number of hydrogen-bond acceptors (Lipinski definition) is 5. The first-order chi connectivity index (χ1) is 9.90. The number of benzene rings is 1. The summed E-state index contributed by atoms with van der Waals surface area (Å²) in [6.45, 7) is 0.390. The van der Waals surface area contributed by atoms with Crippen LogP contribution in [0.25, 0.3) is 0 Å². The Kier molecular flexibility index (Phi) is 3.88. The van der Waals surface area contributed by atoms with E-state index in [4.69, 9.17) is 0 Å². The highest BCUT2D eigenvalue weighted by molar-refractivity contribution is 5.95. The monoisotopic (exact) mass is 290 g/mol. The molecule has 2 rings (SSSR count). The SMILES string of the molecule is CN(Cc1nccn1C)c1ccc([N+](=O)[O-])cc1C(=O)O. The van der Waals surface area contributed by atoms with Crippen molar-refractivity contribution in [1.82, 2.24) is 9.55 Å². The molecule has 21 heavy (non-hydrogen) atoms. The van der Waals surface area contributed by atoms with Crippen LogP contribution < -0.4 is 4.90 Å². The van der Waals surface area contributed by atoms with E-state index >= 15 is 0 Å². The van der Waals surface area contributed by atoms with Gasteiger partial charge in [-0.2, -0.15) is 0 Å². The van der Waals surface area contributed by atoms with Crippen molar-refractivity contribution in [3.05, 3.63) is 52.1 Å². The van der Waals surface area contributed by atoms with E-state index in [2.05, 4.69) is 4.98 Å². The molecule has 0 saturated heterocycles. The van der Waals surface area contributed by atoms with Crippen LogP contribution in [0.15, 0.2) is 30.6 Å². The van der Waals surface area contributed by atoms with Gasteiger partial charge in [-0.15, -0.1) is 0 Å². The number of nitro groups is 1. The molecule has 1 N–H and O–H groups in total. The van der Waals surface area contributed by atoms with Crippen LogP contribution in [0.2, 0.25) is 0 Å². The fourth-order valence-electron chi connectivity index (χ4n) is 1.99. The Morgan fingerprint density at radius 3 is 2.76 bits per heavy atom. The van der Waals surface area contributed by atoms with E-state index in [0.29, 0.717) is 12.2 Å². The van der Waals surface area contributed by atoms with Crippen molar-refractivity contribution in [1.29, 1.82) is 0 Å². The molecule has 0 bridgehead atoms. The van der Waals surface area contributed by atoms with E-state index in [-0.39, 0.29) is 11.3 Å². The molecule has 2 aromatic rings. The average molecular weight is 290 g/mol. The van der Waals surface area contributed by atoms with Crippen LogP contribution in [0.5, 0.6) is 0 Å². The Bertz CT molecular complexity index is 695. The van der Waals surface area contributed by atoms with Gasteiger partial charge in [0.1, 0.15) is 5.82 Å². The molecule has 0 fully saturated rings. The largest absolute Gasteiger partial charge is 0.478 e. The van der Waals surface area contributed by atoms with Gasteiger partial charge in [-0.05, 0) is 6.07 Å². The highest BCUT2D eigenvalue weighted by Gasteiger charge is 2.19. The number of aromatic nitrogens is 2. The number of aryl methyl sites for hydroxylation is 1. The van der Waals surface area contributed by atoms with Crippen molar-refractivity contribution in [3.8, 4) is 0 Å². The molecule has 8 nitrogen and oxygen atoms in total. The van der Waals surface area contributed by atoms with Crippen molar-refractivity contribution in [3.63, 3.8) is 0 Å². The van der Waals surface area contributed by atoms with Gasteiger partial charge >= 0.3 is 5.97 Å². The van der Waals surface area contributed by atoms with Crippen molar-refractivity contribution >= 4 is 17.3 Å².